The largest absolute Gasteiger partial charge is 0.496 e. The van der Waals surface area contributed by atoms with E-state index in [1.165, 1.54) is 0 Å². The number of hydrogen-bond acceptors (Lipinski definition) is 3. The van der Waals surface area contributed by atoms with Gasteiger partial charge in [-0.1, -0.05) is 32.0 Å². The summed E-state index contributed by atoms with van der Waals surface area (Å²) in [5.41, 5.74) is 0.697. The Labute approximate surface area is 127 Å². The monoisotopic (exact) mass is 293 g/mol. The molecular weight excluding hydrogens is 266 g/mol. The van der Waals surface area contributed by atoms with Gasteiger partial charge in [0.25, 0.3) is 0 Å². The quantitative estimate of drug-likeness (QED) is 0.775. The number of ether oxygens (including phenoxy) is 1. The van der Waals surface area contributed by atoms with Crippen LogP contribution in [0, 0.1) is 0 Å². The third kappa shape index (κ3) is 5.05. The molecule has 0 aliphatic rings. The van der Waals surface area contributed by atoms with E-state index in [4.69, 9.17) is 9.84 Å². The Balaban J connectivity index is 2.70. The summed E-state index contributed by atoms with van der Waals surface area (Å²) in [6, 6.07) is 7.77. The van der Waals surface area contributed by atoms with E-state index < -0.39 is 0 Å². The van der Waals surface area contributed by atoms with Crippen LogP contribution >= 0.6 is 0 Å². The first-order valence-corrected chi connectivity index (χ1v) is 7.50. The number of methoxy groups -OCH3 is 1. The minimum absolute atomic E-state index is 0.00575. The summed E-state index contributed by atoms with van der Waals surface area (Å²) in [6.45, 7) is 6.08. The molecule has 0 radical (unpaired) electrons. The Bertz CT molecular complexity index is 461. The van der Waals surface area contributed by atoms with Crippen LogP contribution in [0.5, 0.6) is 5.75 Å². The SMILES string of the molecule is CCC(C)(CCO)NC(=O)CC(C)c1ccccc1OC. The molecule has 2 unspecified atom stereocenters. The average Bonchev–Trinajstić information content (AvgIpc) is 2.47. The van der Waals surface area contributed by atoms with Crippen molar-refractivity contribution in [2.45, 2.75) is 51.5 Å². The first kappa shape index (κ1) is 17.5. The van der Waals surface area contributed by atoms with Crippen molar-refractivity contribution in [1.82, 2.24) is 5.32 Å². The normalized spacial score (nSPS) is 15.1. The molecule has 118 valence electrons. The van der Waals surface area contributed by atoms with E-state index in [2.05, 4.69) is 5.32 Å². The van der Waals surface area contributed by atoms with Crippen molar-refractivity contribution in [2.24, 2.45) is 0 Å². The molecule has 0 aliphatic carbocycles. The van der Waals surface area contributed by atoms with Crippen LogP contribution in [-0.4, -0.2) is 30.3 Å². The number of para-hydroxylation sites is 1. The van der Waals surface area contributed by atoms with Gasteiger partial charge in [0, 0.05) is 18.6 Å². The molecule has 0 saturated heterocycles. The van der Waals surface area contributed by atoms with Crippen LogP contribution in [0.15, 0.2) is 24.3 Å². The second-order valence-corrected chi connectivity index (χ2v) is 5.78. The van der Waals surface area contributed by atoms with Crippen molar-refractivity contribution in [1.29, 1.82) is 0 Å². The van der Waals surface area contributed by atoms with Crippen molar-refractivity contribution in [3.8, 4) is 5.75 Å². The van der Waals surface area contributed by atoms with Gasteiger partial charge in [-0.05, 0) is 37.3 Å². The van der Waals surface area contributed by atoms with Gasteiger partial charge in [-0.15, -0.1) is 0 Å². The molecule has 0 aromatic heterocycles. The summed E-state index contributed by atoms with van der Waals surface area (Å²) in [5, 5.41) is 12.1. The van der Waals surface area contributed by atoms with E-state index in [1.807, 2.05) is 45.0 Å². The number of benzene rings is 1. The lowest BCUT2D eigenvalue weighted by molar-refractivity contribution is -0.123. The van der Waals surface area contributed by atoms with Gasteiger partial charge in [0.2, 0.25) is 5.91 Å². The first-order chi connectivity index (χ1) is 9.95. The third-order valence-corrected chi connectivity index (χ3v) is 4.05. The number of aliphatic hydroxyl groups excluding tert-OH is 1. The number of aliphatic hydroxyl groups is 1. The first-order valence-electron chi connectivity index (χ1n) is 7.50. The zero-order valence-corrected chi connectivity index (χ0v) is 13.5. The lowest BCUT2D eigenvalue weighted by Crippen LogP contribution is -2.46. The van der Waals surface area contributed by atoms with E-state index in [-0.39, 0.29) is 24.0 Å². The van der Waals surface area contributed by atoms with E-state index in [1.54, 1.807) is 7.11 Å². The predicted octanol–water partition coefficient (Wildman–Crippen LogP) is 2.86. The molecule has 0 aliphatic heterocycles. The summed E-state index contributed by atoms with van der Waals surface area (Å²) in [4.78, 5) is 12.2. The molecule has 4 nitrogen and oxygen atoms in total. The van der Waals surface area contributed by atoms with Gasteiger partial charge in [-0.25, -0.2) is 0 Å². The number of rotatable bonds is 8. The van der Waals surface area contributed by atoms with Gasteiger partial charge < -0.3 is 15.2 Å². The molecule has 1 aromatic carbocycles. The molecule has 0 heterocycles. The van der Waals surface area contributed by atoms with Gasteiger partial charge >= 0.3 is 0 Å². The van der Waals surface area contributed by atoms with Crippen LogP contribution in [0.1, 0.15) is 51.5 Å². The molecule has 1 rings (SSSR count). The van der Waals surface area contributed by atoms with Crippen LogP contribution in [0.3, 0.4) is 0 Å². The highest BCUT2D eigenvalue weighted by Crippen LogP contribution is 2.28. The lowest BCUT2D eigenvalue weighted by atomic mass is 9.92. The van der Waals surface area contributed by atoms with Crippen molar-refractivity contribution < 1.29 is 14.6 Å². The number of carbonyl (C=O) groups is 1. The highest BCUT2D eigenvalue weighted by atomic mass is 16.5. The lowest BCUT2D eigenvalue weighted by Gasteiger charge is -2.29. The van der Waals surface area contributed by atoms with E-state index in [0.717, 1.165) is 17.7 Å². The smallest absolute Gasteiger partial charge is 0.221 e. The maximum absolute atomic E-state index is 12.2. The van der Waals surface area contributed by atoms with Crippen molar-refractivity contribution in [2.75, 3.05) is 13.7 Å². The number of hydrogen-bond donors (Lipinski definition) is 2. The van der Waals surface area contributed by atoms with E-state index in [9.17, 15) is 4.79 Å². The minimum atomic E-state index is -0.341. The zero-order chi connectivity index (χ0) is 15.9. The standard InChI is InChI=1S/C17H27NO3/c1-5-17(3,10-11-19)18-16(20)12-13(2)14-8-6-7-9-15(14)21-4/h6-9,13,19H,5,10-12H2,1-4H3,(H,18,20). The van der Waals surface area contributed by atoms with Crippen molar-refractivity contribution >= 4 is 5.91 Å². The molecule has 4 heteroatoms. The highest BCUT2D eigenvalue weighted by molar-refractivity contribution is 5.77. The summed E-state index contributed by atoms with van der Waals surface area (Å²) < 4.78 is 5.34. The second kappa shape index (κ2) is 8.03. The molecule has 1 aromatic rings. The summed E-state index contributed by atoms with van der Waals surface area (Å²) in [7, 11) is 1.64. The summed E-state index contributed by atoms with van der Waals surface area (Å²) in [6.07, 6.45) is 1.77. The second-order valence-electron chi connectivity index (χ2n) is 5.78. The van der Waals surface area contributed by atoms with Gasteiger partial charge in [0.1, 0.15) is 5.75 Å². The summed E-state index contributed by atoms with van der Waals surface area (Å²) >= 11 is 0. The molecule has 0 bridgehead atoms. The van der Waals surface area contributed by atoms with Crippen LogP contribution < -0.4 is 10.1 Å². The molecule has 2 N–H and O–H groups in total. The molecular formula is C17H27NO3. The third-order valence-electron chi connectivity index (χ3n) is 4.05. The predicted molar refractivity (Wildman–Crippen MR) is 84.6 cm³/mol. The van der Waals surface area contributed by atoms with Gasteiger partial charge in [-0.2, -0.15) is 0 Å². The van der Waals surface area contributed by atoms with Crippen LogP contribution in [-0.2, 0) is 4.79 Å². The molecule has 0 saturated carbocycles. The number of carbonyl (C=O) groups excluding carboxylic acids is 1. The Kier molecular flexibility index (Phi) is 6.69. The molecule has 0 fully saturated rings. The molecule has 1 amide bonds. The van der Waals surface area contributed by atoms with Crippen LogP contribution in [0.4, 0.5) is 0 Å². The fraction of sp³-hybridized carbons (Fsp3) is 0.588. The fourth-order valence-corrected chi connectivity index (χ4v) is 2.42. The van der Waals surface area contributed by atoms with E-state index in [0.29, 0.717) is 12.8 Å². The Morgan fingerprint density at radius 2 is 2.10 bits per heavy atom. The Morgan fingerprint density at radius 1 is 1.43 bits per heavy atom. The molecule has 2 atom stereocenters. The Hall–Kier alpha value is -1.55. The van der Waals surface area contributed by atoms with Gasteiger partial charge in [0.15, 0.2) is 0 Å². The zero-order valence-electron chi connectivity index (χ0n) is 13.5. The minimum Gasteiger partial charge on any atom is -0.496 e. The highest BCUT2D eigenvalue weighted by Gasteiger charge is 2.25. The van der Waals surface area contributed by atoms with Crippen LogP contribution in [0.25, 0.3) is 0 Å². The topological polar surface area (TPSA) is 58.6 Å². The van der Waals surface area contributed by atoms with Crippen LogP contribution in [0.2, 0.25) is 0 Å². The maximum atomic E-state index is 12.2. The fourth-order valence-electron chi connectivity index (χ4n) is 2.42. The van der Waals surface area contributed by atoms with Crippen molar-refractivity contribution in [3.05, 3.63) is 29.8 Å². The van der Waals surface area contributed by atoms with Crippen molar-refractivity contribution in [3.63, 3.8) is 0 Å². The molecule has 0 spiro atoms. The van der Waals surface area contributed by atoms with Gasteiger partial charge in [-0.3, -0.25) is 4.79 Å². The number of nitrogens with one attached hydrogen (secondary N) is 1. The van der Waals surface area contributed by atoms with E-state index >= 15 is 0 Å². The number of amides is 1. The average molecular weight is 293 g/mol. The van der Waals surface area contributed by atoms with Gasteiger partial charge in [0.05, 0.1) is 7.11 Å². The maximum Gasteiger partial charge on any atom is 0.221 e. The summed E-state index contributed by atoms with van der Waals surface area (Å²) in [5.74, 6) is 0.897. The molecule has 21 heavy (non-hydrogen) atoms. The Morgan fingerprint density at radius 3 is 2.67 bits per heavy atom.